The van der Waals surface area contributed by atoms with E-state index < -0.39 is 0 Å². The molecular weight excluding hydrogens is 234 g/mol. The number of piperidine rings is 1. The van der Waals surface area contributed by atoms with Crippen LogP contribution in [-0.2, 0) is 5.41 Å². The van der Waals surface area contributed by atoms with Gasteiger partial charge in [-0.25, -0.2) is 0 Å². The van der Waals surface area contributed by atoms with Crippen LogP contribution in [0.25, 0.3) is 0 Å². The third-order valence-electron chi connectivity index (χ3n) is 3.96. The number of allylic oxidation sites excluding steroid dienone is 1. The molecule has 0 saturated carbocycles. The maximum absolute atomic E-state index is 6.13. The molecule has 0 bridgehead atoms. The minimum atomic E-state index is 0.0135. The zero-order chi connectivity index (χ0) is 12.0. The van der Waals surface area contributed by atoms with Crippen LogP contribution in [0.4, 0.5) is 11.4 Å². The molecule has 4 N–H and O–H groups in total. The van der Waals surface area contributed by atoms with E-state index in [0.29, 0.717) is 10.7 Å². The number of nitrogens with two attached hydrogens (primary N) is 1. The minimum absolute atomic E-state index is 0.0135. The number of fused-ring (bicyclic) bond motifs is 2. The lowest BCUT2D eigenvalue weighted by atomic mass is 9.73. The summed E-state index contributed by atoms with van der Waals surface area (Å²) in [6.45, 7) is 6.19. The molecule has 1 spiro atoms. The molecule has 2 aliphatic heterocycles. The molecule has 3 rings (SSSR count). The first-order chi connectivity index (χ1) is 8.13. The predicted molar refractivity (Wildman–Crippen MR) is 72.4 cm³/mol. The summed E-state index contributed by atoms with van der Waals surface area (Å²) in [6, 6.07) is 3.82. The Kier molecular flexibility index (Phi) is 2.35. The summed E-state index contributed by atoms with van der Waals surface area (Å²) >= 11 is 6.13. The molecule has 1 aromatic rings. The molecule has 1 saturated heterocycles. The van der Waals surface area contributed by atoms with Crippen LogP contribution in [0.1, 0.15) is 18.4 Å². The quantitative estimate of drug-likeness (QED) is 0.619. The topological polar surface area (TPSA) is 50.1 Å². The minimum Gasteiger partial charge on any atom is -0.397 e. The number of nitrogen functional groups attached to an aromatic ring is 1. The smallest absolute Gasteiger partial charge is 0.0658 e. The third kappa shape index (κ3) is 1.46. The van der Waals surface area contributed by atoms with Gasteiger partial charge in [-0.3, -0.25) is 0 Å². The summed E-state index contributed by atoms with van der Waals surface area (Å²) in [5.41, 5.74) is 10.0. The molecule has 2 heterocycles. The molecule has 1 fully saturated rings. The van der Waals surface area contributed by atoms with Crippen LogP contribution in [-0.4, -0.2) is 13.1 Å². The number of anilines is 2. The van der Waals surface area contributed by atoms with Crippen LogP contribution in [0.5, 0.6) is 0 Å². The maximum atomic E-state index is 6.13. The summed E-state index contributed by atoms with van der Waals surface area (Å²) < 4.78 is 0. The van der Waals surface area contributed by atoms with E-state index in [2.05, 4.69) is 17.2 Å². The summed E-state index contributed by atoms with van der Waals surface area (Å²) in [6.07, 6.45) is 2.09. The number of benzene rings is 1. The average molecular weight is 250 g/mol. The molecule has 4 heteroatoms. The highest BCUT2D eigenvalue weighted by Crippen LogP contribution is 2.51. The first-order valence-electron chi connectivity index (χ1n) is 5.90. The van der Waals surface area contributed by atoms with Crippen molar-refractivity contribution in [3.05, 3.63) is 35.0 Å². The molecule has 0 aromatic heterocycles. The number of hydrogen-bond donors (Lipinski definition) is 3. The van der Waals surface area contributed by atoms with Crippen molar-refractivity contribution in [2.24, 2.45) is 0 Å². The van der Waals surface area contributed by atoms with Gasteiger partial charge in [-0.2, -0.15) is 0 Å². The van der Waals surface area contributed by atoms with Gasteiger partial charge in [-0.15, -0.1) is 0 Å². The molecule has 3 nitrogen and oxygen atoms in total. The zero-order valence-electron chi connectivity index (χ0n) is 9.65. The first-order valence-corrected chi connectivity index (χ1v) is 6.28. The molecule has 1 aromatic carbocycles. The van der Waals surface area contributed by atoms with Crippen molar-refractivity contribution < 1.29 is 0 Å². The molecule has 0 amide bonds. The fourth-order valence-electron chi connectivity index (χ4n) is 3.00. The Labute approximate surface area is 106 Å². The van der Waals surface area contributed by atoms with Gasteiger partial charge in [0.15, 0.2) is 0 Å². The van der Waals surface area contributed by atoms with Gasteiger partial charge in [0.1, 0.15) is 0 Å². The van der Waals surface area contributed by atoms with Crippen LogP contribution in [0.3, 0.4) is 0 Å². The monoisotopic (exact) mass is 249 g/mol. The fourth-order valence-corrected chi connectivity index (χ4v) is 3.23. The molecule has 0 aliphatic carbocycles. The van der Waals surface area contributed by atoms with Crippen molar-refractivity contribution in [3.63, 3.8) is 0 Å². The van der Waals surface area contributed by atoms with Gasteiger partial charge in [-0.05, 0) is 43.6 Å². The predicted octanol–water partition coefficient (Wildman–Crippen LogP) is 2.48. The average Bonchev–Trinajstić information content (AvgIpc) is 2.56. The lowest BCUT2D eigenvalue weighted by Gasteiger charge is -2.35. The van der Waals surface area contributed by atoms with E-state index in [1.807, 2.05) is 6.07 Å². The van der Waals surface area contributed by atoms with Crippen molar-refractivity contribution >= 4 is 23.0 Å². The third-order valence-corrected chi connectivity index (χ3v) is 4.18. The Balaban J connectivity index is 2.18. The molecule has 90 valence electrons. The molecule has 0 atom stereocenters. The van der Waals surface area contributed by atoms with Crippen molar-refractivity contribution in [2.75, 3.05) is 24.1 Å². The lowest BCUT2D eigenvalue weighted by molar-refractivity contribution is 0.367. The van der Waals surface area contributed by atoms with Crippen LogP contribution >= 0.6 is 11.6 Å². The summed E-state index contributed by atoms with van der Waals surface area (Å²) in [4.78, 5) is 0. The van der Waals surface area contributed by atoms with Gasteiger partial charge in [0.2, 0.25) is 0 Å². The van der Waals surface area contributed by atoms with E-state index in [-0.39, 0.29) is 5.41 Å². The Morgan fingerprint density at radius 3 is 2.71 bits per heavy atom. The van der Waals surface area contributed by atoms with E-state index >= 15 is 0 Å². The Morgan fingerprint density at radius 1 is 1.29 bits per heavy atom. The van der Waals surface area contributed by atoms with E-state index in [9.17, 15) is 0 Å². The summed E-state index contributed by atoms with van der Waals surface area (Å²) in [7, 11) is 0. The summed E-state index contributed by atoms with van der Waals surface area (Å²) in [5.74, 6) is 0. The number of rotatable bonds is 0. The van der Waals surface area contributed by atoms with E-state index in [0.717, 1.165) is 37.3 Å². The Bertz CT molecular complexity index is 490. The van der Waals surface area contributed by atoms with Gasteiger partial charge in [0, 0.05) is 16.1 Å². The summed E-state index contributed by atoms with van der Waals surface area (Å²) in [5, 5.41) is 7.44. The van der Waals surface area contributed by atoms with E-state index in [4.69, 9.17) is 17.3 Å². The van der Waals surface area contributed by atoms with Crippen LogP contribution in [0.15, 0.2) is 24.4 Å². The highest BCUT2D eigenvalue weighted by Gasteiger charge is 2.43. The van der Waals surface area contributed by atoms with Crippen molar-refractivity contribution in [1.29, 1.82) is 0 Å². The Morgan fingerprint density at radius 2 is 2.00 bits per heavy atom. The van der Waals surface area contributed by atoms with Crippen LogP contribution < -0.4 is 16.4 Å². The van der Waals surface area contributed by atoms with Crippen LogP contribution in [0.2, 0.25) is 5.02 Å². The van der Waals surface area contributed by atoms with Crippen molar-refractivity contribution in [2.45, 2.75) is 18.3 Å². The molecule has 17 heavy (non-hydrogen) atoms. The van der Waals surface area contributed by atoms with E-state index in [1.54, 1.807) is 6.07 Å². The number of halogens is 1. The van der Waals surface area contributed by atoms with Gasteiger partial charge < -0.3 is 16.4 Å². The molecule has 0 unspecified atom stereocenters. The second-order valence-corrected chi connectivity index (χ2v) is 5.29. The zero-order valence-corrected chi connectivity index (χ0v) is 10.4. The van der Waals surface area contributed by atoms with E-state index in [1.165, 1.54) is 5.56 Å². The molecule has 0 radical (unpaired) electrons. The molecular formula is C13H16ClN3. The lowest BCUT2D eigenvalue weighted by Crippen LogP contribution is -2.39. The highest BCUT2D eigenvalue weighted by molar-refractivity contribution is 6.31. The SMILES string of the molecule is C=C1Nc2c(N)cc(Cl)cc2C12CCNCC2. The van der Waals surface area contributed by atoms with Gasteiger partial charge in [0.25, 0.3) is 0 Å². The Hall–Kier alpha value is -1.19. The van der Waals surface area contributed by atoms with Crippen molar-refractivity contribution in [1.82, 2.24) is 5.32 Å². The fraction of sp³-hybridized carbons (Fsp3) is 0.385. The van der Waals surface area contributed by atoms with Crippen LogP contribution in [0, 0.1) is 0 Å². The second-order valence-electron chi connectivity index (χ2n) is 4.85. The van der Waals surface area contributed by atoms with Gasteiger partial charge in [0.05, 0.1) is 11.4 Å². The maximum Gasteiger partial charge on any atom is 0.0658 e. The number of hydrogen-bond acceptors (Lipinski definition) is 3. The highest BCUT2D eigenvalue weighted by atomic mass is 35.5. The largest absolute Gasteiger partial charge is 0.397 e. The standard InChI is InChI=1S/C13H16ClN3/c1-8-13(2-4-16-5-3-13)10-6-9(14)7-11(15)12(10)17-8/h6-7,16-17H,1-5,15H2. The van der Waals surface area contributed by atoms with Crippen molar-refractivity contribution in [3.8, 4) is 0 Å². The van der Waals surface area contributed by atoms with Gasteiger partial charge in [-0.1, -0.05) is 18.2 Å². The second kappa shape index (κ2) is 3.65. The normalized spacial score (nSPS) is 21.4. The molecule has 2 aliphatic rings. The first kappa shape index (κ1) is 10.9. The number of nitrogens with one attached hydrogen (secondary N) is 2. The van der Waals surface area contributed by atoms with Gasteiger partial charge >= 0.3 is 0 Å².